The second-order valence-corrected chi connectivity index (χ2v) is 3.79. The van der Waals surface area contributed by atoms with Crippen molar-refractivity contribution >= 4 is 28.3 Å². The molecule has 4 heteroatoms. The van der Waals surface area contributed by atoms with Gasteiger partial charge >= 0.3 is 5.97 Å². The summed E-state index contributed by atoms with van der Waals surface area (Å²) in [5.74, 6) is -0.452. The number of hydrogen-bond donors (Lipinski definition) is 1. The third-order valence-corrected chi connectivity index (χ3v) is 2.58. The fraction of sp³-hybridized carbons (Fsp3) is 0.0833. The second kappa shape index (κ2) is 4.02. The minimum Gasteiger partial charge on any atom is -0.496 e. The highest BCUT2D eigenvalue weighted by atomic mass is 35.5. The number of carboxylic acid groups (broad SMARTS) is 1. The predicted octanol–water partition coefficient (Wildman–Crippen LogP) is 3.20. The molecule has 82 valence electrons. The quantitative estimate of drug-likeness (QED) is 0.871. The van der Waals surface area contributed by atoms with Crippen molar-refractivity contribution in [3.63, 3.8) is 0 Å². The summed E-state index contributed by atoms with van der Waals surface area (Å²) in [7, 11) is 1.51. The molecule has 0 amide bonds. The second-order valence-electron chi connectivity index (χ2n) is 3.35. The van der Waals surface area contributed by atoms with Crippen LogP contribution in [0.15, 0.2) is 30.3 Å². The van der Waals surface area contributed by atoms with Crippen molar-refractivity contribution in [2.75, 3.05) is 7.11 Å². The smallest absolute Gasteiger partial charge is 0.335 e. The van der Waals surface area contributed by atoms with Gasteiger partial charge in [0.2, 0.25) is 0 Å². The van der Waals surface area contributed by atoms with Crippen LogP contribution in [-0.2, 0) is 0 Å². The minimum absolute atomic E-state index is 0.187. The number of methoxy groups -OCH3 is 1. The number of carbonyl (C=O) groups is 1. The SMILES string of the molecule is COc1cc(C(=O)O)cc2cc(Cl)ccc12. The van der Waals surface area contributed by atoms with Gasteiger partial charge in [-0.2, -0.15) is 0 Å². The van der Waals surface area contributed by atoms with Crippen LogP contribution in [0.1, 0.15) is 10.4 Å². The van der Waals surface area contributed by atoms with Crippen molar-refractivity contribution in [1.82, 2.24) is 0 Å². The number of rotatable bonds is 2. The van der Waals surface area contributed by atoms with E-state index in [2.05, 4.69) is 0 Å². The van der Waals surface area contributed by atoms with Crippen LogP contribution in [0.5, 0.6) is 5.75 Å². The highest BCUT2D eigenvalue weighted by molar-refractivity contribution is 6.31. The van der Waals surface area contributed by atoms with E-state index in [0.717, 1.165) is 10.8 Å². The van der Waals surface area contributed by atoms with Gasteiger partial charge in [0.25, 0.3) is 0 Å². The Morgan fingerprint density at radius 2 is 2.06 bits per heavy atom. The predicted molar refractivity (Wildman–Crippen MR) is 62.5 cm³/mol. The van der Waals surface area contributed by atoms with Crippen LogP contribution in [0.3, 0.4) is 0 Å². The summed E-state index contributed by atoms with van der Waals surface area (Å²) in [4.78, 5) is 10.9. The van der Waals surface area contributed by atoms with Gasteiger partial charge in [-0.25, -0.2) is 4.79 Å². The third kappa shape index (κ3) is 1.82. The van der Waals surface area contributed by atoms with Crippen LogP contribution in [0.4, 0.5) is 0 Å². The Balaban J connectivity index is 2.78. The Morgan fingerprint density at radius 1 is 1.31 bits per heavy atom. The molecule has 0 aliphatic heterocycles. The Morgan fingerprint density at radius 3 is 2.69 bits per heavy atom. The highest BCUT2D eigenvalue weighted by Gasteiger charge is 2.09. The number of hydrogen-bond acceptors (Lipinski definition) is 2. The molecule has 2 rings (SSSR count). The monoisotopic (exact) mass is 236 g/mol. The van der Waals surface area contributed by atoms with Crippen molar-refractivity contribution in [3.8, 4) is 5.75 Å². The number of carboxylic acids is 1. The van der Waals surface area contributed by atoms with Gasteiger partial charge in [0.15, 0.2) is 0 Å². The van der Waals surface area contributed by atoms with Crippen LogP contribution in [-0.4, -0.2) is 18.2 Å². The first kappa shape index (κ1) is 10.8. The van der Waals surface area contributed by atoms with Crippen LogP contribution < -0.4 is 4.74 Å². The number of ether oxygens (including phenoxy) is 1. The molecule has 0 saturated carbocycles. The van der Waals surface area contributed by atoms with Crippen molar-refractivity contribution in [3.05, 3.63) is 40.9 Å². The Hall–Kier alpha value is -1.74. The summed E-state index contributed by atoms with van der Waals surface area (Å²) in [6, 6.07) is 8.34. The Bertz CT molecular complexity index is 563. The summed E-state index contributed by atoms with van der Waals surface area (Å²) in [5, 5.41) is 11.1. The molecule has 0 fully saturated rings. The molecule has 2 aromatic rings. The van der Waals surface area contributed by atoms with E-state index < -0.39 is 5.97 Å². The van der Waals surface area contributed by atoms with Crippen molar-refractivity contribution < 1.29 is 14.6 Å². The fourth-order valence-corrected chi connectivity index (χ4v) is 1.78. The van der Waals surface area contributed by atoms with Gasteiger partial charge < -0.3 is 9.84 Å². The van der Waals surface area contributed by atoms with E-state index in [1.807, 2.05) is 6.07 Å². The van der Waals surface area contributed by atoms with Crippen molar-refractivity contribution in [2.24, 2.45) is 0 Å². The molecule has 0 aromatic heterocycles. The Labute approximate surface area is 97.2 Å². The van der Waals surface area contributed by atoms with Crippen LogP contribution in [0, 0.1) is 0 Å². The molecule has 16 heavy (non-hydrogen) atoms. The topological polar surface area (TPSA) is 46.5 Å². The van der Waals surface area contributed by atoms with Gasteiger partial charge in [-0.1, -0.05) is 11.6 Å². The largest absolute Gasteiger partial charge is 0.496 e. The van der Waals surface area contributed by atoms with E-state index in [4.69, 9.17) is 21.4 Å². The van der Waals surface area contributed by atoms with Crippen LogP contribution in [0.2, 0.25) is 5.02 Å². The molecule has 3 nitrogen and oxygen atoms in total. The lowest BCUT2D eigenvalue weighted by atomic mass is 10.1. The van der Waals surface area contributed by atoms with E-state index >= 15 is 0 Å². The third-order valence-electron chi connectivity index (χ3n) is 2.34. The molecule has 0 heterocycles. The zero-order chi connectivity index (χ0) is 11.7. The first-order valence-electron chi connectivity index (χ1n) is 4.62. The first-order chi connectivity index (χ1) is 7.61. The number of halogens is 1. The summed E-state index contributed by atoms with van der Waals surface area (Å²) < 4.78 is 5.15. The molecule has 0 aliphatic carbocycles. The van der Waals surface area contributed by atoms with E-state index in [0.29, 0.717) is 10.8 Å². The molecule has 0 bridgehead atoms. The van der Waals surface area contributed by atoms with Gasteiger partial charge in [0.05, 0.1) is 12.7 Å². The number of benzene rings is 2. The first-order valence-corrected chi connectivity index (χ1v) is 5.00. The van der Waals surface area contributed by atoms with Gasteiger partial charge in [-0.15, -0.1) is 0 Å². The van der Waals surface area contributed by atoms with Crippen molar-refractivity contribution in [2.45, 2.75) is 0 Å². The van der Waals surface area contributed by atoms with E-state index in [1.165, 1.54) is 13.2 Å². The summed E-state index contributed by atoms with van der Waals surface area (Å²) in [5.41, 5.74) is 0.187. The number of fused-ring (bicyclic) bond motifs is 1. The average molecular weight is 237 g/mol. The molecule has 0 atom stereocenters. The molecule has 0 aliphatic rings. The fourth-order valence-electron chi connectivity index (χ4n) is 1.60. The average Bonchev–Trinajstić information content (AvgIpc) is 2.26. The molecule has 2 aromatic carbocycles. The lowest BCUT2D eigenvalue weighted by Crippen LogP contribution is -1.97. The lowest BCUT2D eigenvalue weighted by molar-refractivity contribution is 0.0696. The van der Waals surface area contributed by atoms with Crippen LogP contribution in [0.25, 0.3) is 10.8 Å². The van der Waals surface area contributed by atoms with Gasteiger partial charge in [-0.3, -0.25) is 0 Å². The summed E-state index contributed by atoms with van der Waals surface area (Å²) in [6.07, 6.45) is 0. The molecular formula is C12H9ClO3. The molecule has 1 N–H and O–H groups in total. The van der Waals surface area contributed by atoms with Gasteiger partial charge in [0, 0.05) is 10.4 Å². The standard InChI is InChI=1S/C12H9ClO3/c1-16-11-6-8(12(14)15)4-7-5-9(13)2-3-10(7)11/h2-6H,1H3,(H,14,15). The molecule has 0 unspecified atom stereocenters. The summed E-state index contributed by atoms with van der Waals surface area (Å²) >= 11 is 5.86. The van der Waals surface area contributed by atoms with E-state index in [-0.39, 0.29) is 5.56 Å². The van der Waals surface area contributed by atoms with Crippen LogP contribution >= 0.6 is 11.6 Å². The van der Waals surface area contributed by atoms with Crippen molar-refractivity contribution in [1.29, 1.82) is 0 Å². The number of aromatic carboxylic acids is 1. The van der Waals surface area contributed by atoms with Gasteiger partial charge in [0.1, 0.15) is 5.75 Å². The zero-order valence-corrected chi connectivity index (χ0v) is 9.28. The zero-order valence-electron chi connectivity index (χ0n) is 8.53. The minimum atomic E-state index is -0.986. The van der Waals surface area contributed by atoms with E-state index in [9.17, 15) is 4.79 Å². The summed E-state index contributed by atoms with van der Waals surface area (Å²) in [6.45, 7) is 0. The Kier molecular flexibility index (Phi) is 2.71. The lowest BCUT2D eigenvalue weighted by Gasteiger charge is -2.07. The van der Waals surface area contributed by atoms with Gasteiger partial charge in [-0.05, 0) is 35.7 Å². The highest BCUT2D eigenvalue weighted by Crippen LogP contribution is 2.29. The molecular weight excluding hydrogens is 228 g/mol. The maximum absolute atomic E-state index is 10.9. The maximum Gasteiger partial charge on any atom is 0.335 e. The van der Waals surface area contributed by atoms with E-state index in [1.54, 1.807) is 18.2 Å². The molecule has 0 radical (unpaired) electrons. The molecule has 0 spiro atoms. The maximum atomic E-state index is 10.9. The molecule has 0 saturated heterocycles. The normalized spacial score (nSPS) is 10.4.